The van der Waals surface area contributed by atoms with Gasteiger partial charge in [-0.3, -0.25) is 4.57 Å². The number of benzene rings is 7. The summed E-state index contributed by atoms with van der Waals surface area (Å²) in [7, 11) is 0. The van der Waals surface area contributed by atoms with Gasteiger partial charge in [-0.1, -0.05) is 174 Å². The number of fused-ring (bicyclic) bond motifs is 4. The van der Waals surface area contributed by atoms with Crippen molar-refractivity contribution >= 4 is 38.9 Å². The van der Waals surface area contributed by atoms with Crippen LogP contribution in [0.1, 0.15) is 111 Å². The molecule has 0 saturated heterocycles. The van der Waals surface area contributed by atoms with Gasteiger partial charge in [-0.15, -0.1) is 0 Å². The van der Waals surface area contributed by atoms with E-state index >= 15 is 0 Å². The van der Waals surface area contributed by atoms with Crippen molar-refractivity contribution in [3.05, 3.63) is 198 Å². The lowest BCUT2D eigenvalue weighted by molar-refractivity contribution is 0.483. The van der Waals surface area contributed by atoms with Crippen LogP contribution in [0, 0.1) is 0 Å². The molecule has 71 heavy (non-hydrogen) atoms. The van der Waals surface area contributed by atoms with Crippen molar-refractivity contribution in [1.29, 1.82) is 0 Å². The van der Waals surface area contributed by atoms with Crippen molar-refractivity contribution < 1.29 is 4.74 Å². The Morgan fingerprint density at radius 2 is 1.10 bits per heavy atom. The highest BCUT2D eigenvalue weighted by atomic mass is 16.5. The molecule has 7 aromatic carbocycles. The second kappa shape index (κ2) is 17.9. The van der Waals surface area contributed by atoms with Gasteiger partial charge in [-0.25, -0.2) is 4.98 Å². The third-order valence-electron chi connectivity index (χ3n) is 14.5. The summed E-state index contributed by atoms with van der Waals surface area (Å²) in [6, 6.07) is 60.3. The van der Waals surface area contributed by atoms with E-state index in [9.17, 15) is 0 Å². The van der Waals surface area contributed by atoms with E-state index in [0.29, 0.717) is 0 Å². The van der Waals surface area contributed by atoms with Crippen LogP contribution in [0.4, 0.5) is 17.1 Å². The molecule has 5 nitrogen and oxygen atoms in total. The number of hydrogen-bond acceptors (Lipinski definition) is 4. The lowest BCUT2D eigenvalue weighted by Gasteiger charge is -2.26. The molecular weight excluding hydrogens is 865 g/mol. The number of anilines is 3. The molecule has 0 atom stereocenters. The summed E-state index contributed by atoms with van der Waals surface area (Å²) < 4.78 is 9.04. The molecule has 2 aromatic heterocycles. The number of ether oxygens (including phenoxy) is 1. The van der Waals surface area contributed by atoms with Gasteiger partial charge in [0.05, 0.1) is 29.1 Å². The SMILES string of the molecule is CC(C)(C)c1cc(-c2cccc(-c3ccc(C(C)(C)C)cc3CCN3CN(c4cccc(Oc5ccc6c7ccccc7n(-c7cc(C(C)(C)C)ccn7)c6c5)c4)c4ccccc43)c2)cc(C(C)(C)C)c1. The van der Waals surface area contributed by atoms with Gasteiger partial charge >= 0.3 is 0 Å². The summed E-state index contributed by atoms with van der Waals surface area (Å²) in [6.45, 7) is 29.2. The van der Waals surface area contributed by atoms with Crippen molar-refractivity contribution in [1.82, 2.24) is 9.55 Å². The minimum absolute atomic E-state index is 0.00480. The van der Waals surface area contributed by atoms with Crippen LogP contribution < -0.4 is 14.5 Å². The number of para-hydroxylation sites is 3. The quantitative estimate of drug-likeness (QED) is 0.144. The van der Waals surface area contributed by atoms with E-state index in [0.717, 1.165) is 53.7 Å². The summed E-state index contributed by atoms with van der Waals surface area (Å²) in [5, 5.41) is 2.36. The van der Waals surface area contributed by atoms with Crippen LogP contribution in [0.2, 0.25) is 0 Å². The topological polar surface area (TPSA) is 33.5 Å². The first-order valence-corrected chi connectivity index (χ1v) is 25.5. The van der Waals surface area contributed by atoms with Gasteiger partial charge in [0.1, 0.15) is 17.3 Å². The van der Waals surface area contributed by atoms with Crippen molar-refractivity contribution in [2.75, 3.05) is 23.0 Å². The Morgan fingerprint density at radius 3 is 1.83 bits per heavy atom. The number of pyridine rings is 1. The molecule has 360 valence electrons. The maximum Gasteiger partial charge on any atom is 0.137 e. The van der Waals surface area contributed by atoms with Gasteiger partial charge in [0.15, 0.2) is 0 Å². The molecule has 10 rings (SSSR count). The Bertz CT molecular complexity index is 3410. The molecule has 0 unspecified atom stereocenters. The summed E-state index contributed by atoms with van der Waals surface area (Å²) in [6.07, 6.45) is 2.83. The fourth-order valence-electron chi connectivity index (χ4n) is 10.1. The van der Waals surface area contributed by atoms with Crippen LogP contribution in [-0.2, 0) is 28.1 Å². The Balaban J connectivity index is 0.937. The minimum Gasteiger partial charge on any atom is -0.457 e. The second-order valence-corrected chi connectivity index (χ2v) is 23.9. The van der Waals surface area contributed by atoms with Crippen molar-refractivity contribution in [2.45, 2.75) is 111 Å². The lowest BCUT2D eigenvalue weighted by Crippen LogP contribution is -2.29. The van der Waals surface area contributed by atoms with E-state index in [4.69, 9.17) is 9.72 Å². The summed E-state index contributed by atoms with van der Waals surface area (Å²) >= 11 is 0. The lowest BCUT2D eigenvalue weighted by atomic mass is 9.78. The first-order valence-electron chi connectivity index (χ1n) is 25.5. The van der Waals surface area contributed by atoms with Gasteiger partial charge in [-0.2, -0.15) is 0 Å². The molecule has 1 aliphatic rings. The Kier molecular flexibility index (Phi) is 12.0. The molecule has 0 spiro atoms. The number of nitrogens with zero attached hydrogens (tertiary/aromatic N) is 4. The Morgan fingerprint density at radius 1 is 0.465 bits per heavy atom. The molecule has 0 amide bonds. The standard InChI is InChI=1S/C66H70N4O/c1-63(2,3)48-27-29-55(45-20-17-19-44(35-45)47-37-50(65(7,8)9)39-51(38-47)66(10,11)12)46(36-48)32-34-68-43-69(60-26-16-15-25-59(60)68)52-21-18-22-53(41-52)71-54-28-30-57-56-23-13-14-24-58(56)70(61(57)42-54)62-40-49(31-33-67-62)64(4,5)6/h13-31,33,35-42H,32,34,43H2,1-12H3. The minimum atomic E-state index is -0.00480. The molecule has 0 aliphatic carbocycles. The van der Waals surface area contributed by atoms with Crippen LogP contribution >= 0.6 is 0 Å². The average molecular weight is 935 g/mol. The monoisotopic (exact) mass is 935 g/mol. The third kappa shape index (κ3) is 9.59. The first kappa shape index (κ1) is 47.6. The average Bonchev–Trinajstić information content (AvgIpc) is 3.87. The fourth-order valence-corrected chi connectivity index (χ4v) is 10.1. The van der Waals surface area contributed by atoms with Gasteiger partial charge in [0.2, 0.25) is 0 Å². The highest BCUT2D eigenvalue weighted by Crippen LogP contribution is 2.43. The van der Waals surface area contributed by atoms with Crippen LogP contribution in [0.25, 0.3) is 49.9 Å². The van der Waals surface area contributed by atoms with Gasteiger partial charge in [0.25, 0.3) is 0 Å². The normalized spacial score (nSPS) is 13.4. The predicted molar refractivity (Wildman–Crippen MR) is 302 cm³/mol. The maximum absolute atomic E-state index is 6.77. The van der Waals surface area contributed by atoms with Crippen LogP contribution in [0.5, 0.6) is 11.5 Å². The van der Waals surface area contributed by atoms with E-state index in [1.54, 1.807) is 0 Å². The molecular formula is C66H70N4O. The molecule has 5 heteroatoms. The maximum atomic E-state index is 6.77. The zero-order valence-corrected chi connectivity index (χ0v) is 44.0. The Hall–Kier alpha value is -7.11. The van der Waals surface area contributed by atoms with Crippen molar-refractivity contribution in [2.24, 2.45) is 0 Å². The van der Waals surface area contributed by atoms with E-state index < -0.39 is 0 Å². The van der Waals surface area contributed by atoms with Crippen LogP contribution in [-0.4, -0.2) is 22.8 Å². The molecule has 1 aliphatic heterocycles. The molecule has 9 aromatic rings. The fraction of sp³-hybridized carbons (Fsp3) is 0.288. The molecule has 0 radical (unpaired) electrons. The smallest absolute Gasteiger partial charge is 0.137 e. The predicted octanol–water partition coefficient (Wildman–Crippen LogP) is 17.7. The molecule has 3 heterocycles. The largest absolute Gasteiger partial charge is 0.457 e. The molecule has 0 saturated carbocycles. The summed E-state index contributed by atoms with van der Waals surface area (Å²) in [5.41, 5.74) is 17.6. The van der Waals surface area contributed by atoms with Gasteiger partial charge < -0.3 is 14.5 Å². The van der Waals surface area contributed by atoms with Crippen molar-refractivity contribution in [3.63, 3.8) is 0 Å². The Labute approximate surface area is 422 Å². The van der Waals surface area contributed by atoms with E-state index in [2.05, 4.69) is 261 Å². The van der Waals surface area contributed by atoms with Gasteiger partial charge in [-0.05, 0) is 139 Å². The zero-order chi connectivity index (χ0) is 50.0. The number of hydrogen-bond donors (Lipinski definition) is 0. The molecule has 0 bridgehead atoms. The van der Waals surface area contributed by atoms with Gasteiger partial charge in [0, 0.05) is 41.3 Å². The molecule has 0 N–H and O–H groups in total. The highest BCUT2D eigenvalue weighted by molar-refractivity contribution is 6.09. The highest BCUT2D eigenvalue weighted by Gasteiger charge is 2.28. The first-order chi connectivity index (χ1) is 33.7. The summed E-state index contributed by atoms with van der Waals surface area (Å²) in [4.78, 5) is 9.85. The third-order valence-corrected chi connectivity index (χ3v) is 14.5. The number of rotatable bonds is 9. The van der Waals surface area contributed by atoms with Crippen LogP contribution in [0.3, 0.4) is 0 Å². The second-order valence-electron chi connectivity index (χ2n) is 23.9. The van der Waals surface area contributed by atoms with E-state index in [1.165, 1.54) is 72.2 Å². The van der Waals surface area contributed by atoms with Crippen LogP contribution in [0.15, 0.2) is 170 Å². The number of aromatic nitrogens is 2. The van der Waals surface area contributed by atoms with E-state index in [1.807, 2.05) is 6.20 Å². The zero-order valence-electron chi connectivity index (χ0n) is 44.0. The van der Waals surface area contributed by atoms with Crippen molar-refractivity contribution in [3.8, 4) is 39.6 Å². The summed E-state index contributed by atoms with van der Waals surface area (Å²) in [5.74, 6) is 2.47. The van der Waals surface area contributed by atoms with E-state index in [-0.39, 0.29) is 21.7 Å². The molecule has 0 fully saturated rings.